The summed E-state index contributed by atoms with van der Waals surface area (Å²) in [7, 11) is 0. The topological polar surface area (TPSA) is 20.2 Å². The quantitative estimate of drug-likeness (QED) is 0.175. The summed E-state index contributed by atoms with van der Waals surface area (Å²) in [5.74, 6) is 0.747. The Kier molecular flexibility index (Phi) is 64.1. The molecule has 158 valence electrons. The fourth-order valence-electron chi connectivity index (χ4n) is 1.29. The number of alkyl halides is 1. The standard InChI is InChI=1S/C8H16O.C6H11Cl.C6H11.C3H6.ClH.Mg/c1-2-3-4-5-6-7-8-9;1-2-3-4-5-6-7;1-3-5-6-4-2;1-2-3-1;;/h3-4,9H,2,5-8H2,1H3;3-4H,2,5-6H2,1H3;5-6H,1,3-4H2,2H3;1-3H2;1H;/q;;-1;;;+2/p-1/b2*4-3-;6-5-;;;. The molecule has 1 saturated carbocycles. The van der Waals surface area contributed by atoms with Gasteiger partial charge in [0.25, 0.3) is 0 Å². The summed E-state index contributed by atoms with van der Waals surface area (Å²) < 4.78 is 0. The van der Waals surface area contributed by atoms with Crippen molar-refractivity contribution < 1.29 is 17.5 Å². The van der Waals surface area contributed by atoms with Gasteiger partial charge in [-0.3, -0.25) is 0 Å². The van der Waals surface area contributed by atoms with Gasteiger partial charge in [0.05, 0.1) is 0 Å². The van der Waals surface area contributed by atoms with Crippen molar-refractivity contribution in [1.82, 2.24) is 0 Å². The number of aliphatic hydroxyl groups is 1. The third-order valence-corrected chi connectivity index (χ3v) is 3.00. The molecule has 0 aromatic heterocycles. The maximum atomic E-state index is 8.40. The molecule has 0 aromatic rings. The average Bonchev–Trinajstić information content (AvgIpc) is 3.51. The van der Waals surface area contributed by atoms with Gasteiger partial charge in [-0.1, -0.05) is 70.4 Å². The Hall–Kier alpha value is 0.526. The van der Waals surface area contributed by atoms with Crippen LogP contribution in [0.3, 0.4) is 0 Å². The summed E-state index contributed by atoms with van der Waals surface area (Å²) in [6, 6.07) is 0. The van der Waals surface area contributed by atoms with Crippen molar-refractivity contribution >= 4 is 34.7 Å². The van der Waals surface area contributed by atoms with Gasteiger partial charge in [0.2, 0.25) is 0 Å². The van der Waals surface area contributed by atoms with E-state index in [9.17, 15) is 0 Å². The minimum atomic E-state index is 0. The molecule has 0 aliphatic heterocycles. The van der Waals surface area contributed by atoms with E-state index >= 15 is 0 Å². The average molecular weight is 432 g/mol. The largest absolute Gasteiger partial charge is 2.00 e. The van der Waals surface area contributed by atoms with Crippen molar-refractivity contribution in [2.24, 2.45) is 0 Å². The van der Waals surface area contributed by atoms with Crippen molar-refractivity contribution in [3.8, 4) is 0 Å². The third-order valence-electron chi connectivity index (χ3n) is 2.78. The van der Waals surface area contributed by atoms with E-state index in [1.54, 1.807) is 0 Å². The van der Waals surface area contributed by atoms with Crippen LogP contribution >= 0.6 is 11.6 Å². The Morgan fingerprint density at radius 3 is 1.52 bits per heavy atom. The van der Waals surface area contributed by atoms with Gasteiger partial charge in [-0.25, -0.2) is 0 Å². The molecule has 1 N–H and O–H groups in total. The molecule has 0 amide bonds. The molecule has 1 rings (SSSR count). The zero-order chi connectivity index (χ0) is 19.4. The molecule has 1 aliphatic carbocycles. The first kappa shape index (κ1) is 38.2. The van der Waals surface area contributed by atoms with Gasteiger partial charge >= 0.3 is 23.1 Å². The van der Waals surface area contributed by atoms with Crippen molar-refractivity contribution in [1.29, 1.82) is 0 Å². The second kappa shape index (κ2) is 45.3. The minimum absolute atomic E-state index is 0. The van der Waals surface area contributed by atoms with Gasteiger partial charge in [-0.2, -0.15) is 6.42 Å². The number of aliphatic hydroxyl groups excluding tert-OH is 1. The Morgan fingerprint density at radius 1 is 0.778 bits per heavy atom. The van der Waals surface area contributed by atoms with Crippen molar-refractivity contribution in [3.63, 3.8) is 0 Å². The van der Waals surface area contributed by atoms with Crippen molar-refractivity contribution in [2.45, 2.75) is 91.4 Å². The predicted molar refractivity (Wildman–Crippen MR) is 124 cm³/mol. The molecule has 0 spiro atoms. The Bertz CT molecular complexity index is 269. The van der Waals surface area contributed by atoms with E-state index in [1.165, 1.54) is 19.3 Å². The second-order valence-electron chi connectivity index (χ2n) is 5.69. The molecule has 1 fully saturated rings. The van der Waals surface area contributed by atoms with Crippen LogP contribution in [0.15, 0.2) is 36.5 Å². The van der Waals surface area contributed by atoms with E-state index in [2.05, 4.69) is 64.2 Å². The summed E-state index contributed by atoms with van der Waals surface area (Å²) in [4.78, 5) is 0. The maximum Gasteiger partial charge on any atom is 2.00 e. The number of allylic oxidation sites excluding steroid dienone is 6. The fourth-order valence-corrected chi connectivity index (χ4v) is 1.42. The summed E-state index contributed by atoms with van der Waals surface area (Å²) in [5.41, 5.74) is 0. The van der Waals surface area contributed by atoms with Crippen LogP contribution in [0.2, 0.25) is 0 Å². The van der Waals surface area contributed by atoms with E-state index < -0.39 is 0 Å². The molecule has 0 bridgehead atoms. The van der Waals surface area contributed by atoms with E-state index in [1.807, 2.05) is 0 Å². The van der Waals surface area contributed by atoms with Crippen LogP contribution in [-0.2, 0) is 0 Å². The van der Waals surface area contributed by atoms with E-state index in [4.69, 9.17) is 16.7 Å². The number of hydrogen-bond donors (Lipinski definition) is 1. The first-order chi connectivity index (χ1) is 12.2. The number of hydrogen-bond acceptors (Lipinski definition) is 1. The van der Waals surface area contributed by atoms with Gasteiger partial charge in [0.1, 0.15) is 0 Å². The van der Waals surface area contributed by atoms with Crippen molar-refractivity contribution in [2.75, 3.05) is 12.5 Å². The van der Waals surface area contributed by atoms with Gasteiger partial charge in [-0.15, -0.1) is 17.7 Å². The summed E-state index contributed by atoms with van der Waals surface area (Å²) >= 11 is 5.39. The first-order valence-electron chi connectivity index (χ1n) is 10.2. The normalized spacial score (nSPS) is 11.3. The van der Waals surface area contributed by atoms with Crippen LogP contribution in [0.1, 0.15) is 91.4 Å². The van der Waals surface area contributed by atoms with Crippen molar-refractivity contribution in [3.05, 3.63) is 43.4 Å². The molecule has 27 heavy (non-hydrogen) atoms. The van der Waals surface area contributed by atoms with Crippen LogP contribution < -0.4 is 12.4 Å². The molecular formula is C23H44Cl2MgO. The van der Waals surface area contributed by atoms with Crippen LogP contribution in [0.5, 0.6) is 0 Å². The smallest absolute Gasteiger partial charge is 1.00 e. The predicted octanol–water partition coefficient (Wildman–Crippen LogP) is 4.67. The second-order valence-corrected chi connectivity index (χ2v) is 6.06. The SMILES string of the molecule is C1CC1.CC/C=C\CCCCO.CC/C=C\CCCl.[CH2-]C/C=C\CC.[Cl-].[Mg+2]. The fraction of sp³-hybridized carbons (Fsp3) is 0.696. The molecule has 1 nitrogen and oxygen atoms in total. The van der Waals surface area contributed by atoms with E-state index in [0.29, 0.717) is 6.61 Å². The Balaban J connectivity index is -0.0000000812. The number of rotatable bonds is 10. The van der Waals surface area contributed by atoms with Gasteiger partial charge in [0, 0.05) is 12.5 Å². The first-order valence-corrected chi connectivity index (χ1v) is 10.7. The number of unbranched alkanes of at least 4 members (excludes halogenated alkanes) is 2. The molecular weight excluding hydrogens is 387 g/mol. The minimum Gasteiger partial charge on any atom is -1.00 e. The van der Waals surface area contributed by atoms with Crippen LogP contribution in [0.4, 0.5) is 0 Å². The summed E-state index contributed by atoms with van der Waals surface area (Å²) in [6.07, 6.45) is 25.7. The Morgan fingerprint density at radius 2 is 1.22 bits per heavy atom. The molecule has 4 heteroatoms. The van der Waals surface area contributed by atoms with Gasteiger partial charge in [0.15, 0.2) is 0 Å². The van der Waals surface area contributed by atoms with Crippen LogP contribution in [-0.4, -0.2) is 40.6 Å². The van der Waals surface area contributed by atoms with Crippen LogP contribution in [0, 0.1) is 6.92 Å². The summed E-state index contributed by atoms with van der Waals surface area (Å²) in [5, 5.41) is 8.40. The molecule has 0 atom stereocenters. The summed E-state index contributed by atoms with van der Waals surface area (Å²) in [6.45, 7) is 10.3. The molecule has 0 unspecified atom stereocenters. The van der Waals surface area contributed by atoms with E-state index in [0.717, 1.165) is 57.2 Å². The number of halogens is 2. The van der Waals surface area contributed by atoms with Gasteiger partial charge in [-0.05, 0) is 44.9 Å². The molecule has 0 aromatic carbocycles. The monoisotopic (exact) mass is 430 g/mol. The van der Waals surface area contributed by atoms with Crippen LogP contribution in [0.25, 0.3) is 0 Å². The zero-order valence-corrected chi connectivity index (χ0v) is 21.2. The third kappa shape index (κ3) is 75.6. The maximum absolute atomic E-state index is 8.40. The van der Waals surface area contributed by atoms with Gasteiger partial charge < -0.3 is 24.4 Å². The Labute approximate surface area is 198 Å². The molecule has 0 heterocycles. The van der Waals surface area contributed by atoms with E-state index in [-0.39, 0.29) is 35.5 Å². The molecule has 0 saturated heterocycles. The zero-order valence-electron chi connectivity index (χ0n) is 18.3. The molecule has 1 aliphatic rings. The molecule has 0 radical (unpaired) electrons.